The van der Waals surface area contributed by atoms with E-state index in [2.05, 4.69) is 171 Å². The monoisotopic (exact) mass is 720 g/mol. The summed E-state index contributed by atoms with van der Waals surface area (Å²) in [7, 11) is -5.53. The average Bonchev–Trinajstić information content (AvgIpc) is 3.33. The number of nitrogens with zero attached hydrogens (tertiary/aromatic N) is 2. The van der Waals surface area contributed by atoms with Crippen LogP contribution in [0.3, 0.4) is 0 Å². The molecule has 0 aliphatic carbocycles. The molecule has 14 heteroatoms. The van der Waals surface area contributed by atoms with Crippen molar-refractivity contribution in [2.75, 3.05) is 24.7 Å². The Bertz CT molecular complexity index is 2100. The van der Waals surface area contributed by atoms with Gasteiger partial charge < -0.3 is 19.7 Å². The van der Waals surface area contributed by atoms with Crippen LogP contribution in [-0.2, 0) is 31.6 Å². The molecule has 4 aromatic carbocycles. The van der Waals surface area contributed by atoms with Gasteiger partial charge in [-0.1, -0.05) is 60.7 Å². The van der Waals surface area contributed by atoms with E-state index < -0.39 is 20.8 Å². The molecule has 0 saturated carbocycles. The van der Waals surface area contributed by atoms with Crippen molar-refractivity contribution in [3.05, 3.63) is 121 Å². The maximum atomic E-state index is 8.63. The highest BCUT2D eigenvalue weighted by Crippen LogP contribution is 2.40. The minimum absolute atomic E-state index is 0.0486. The van der Waals surface area contributed by atoms with Crippen LogP contribution in [0.2, 0.25) is 0 Å². The number of benzene rings is 4. The van der Waals surface area contributed by atoms with Crippen LogP contribution in [0.4, 0.5) is 22.7 Å². The fourth-order valence-corrected chi connectivity index (χ4v) is 6.59. The van der Waals surface area contributed by atoms with E-state index in [4.69, 9.17) is 35.0 Å². The van der Waals surface area contributed by atoms with Crippen molar-refractivity contribution in [1.82, 2.24) is 0 Å². The summed E-state index contributed by atoms with van der Waals surface area (Å²) in [5.74, 6) is 0. The van der Waals surface area contributed by atoms with Crippen LogP contribution in [0.25, 0.3) is 10.8 Å². The molecule has 2 aliphatic rings. The van der Waals surface area contributed by atoms with Gasteiger partial charge in [-0.2, -0.15) is 9.15 Å². The first-order chi connectivity index (χ1) is 23.2. The third kappa shape index (κ3) is 8.90. The molecule has 0 atom stereocenters. The zero-order valence-corrected chi connectivity index (χ0v) is 30.1. The van der Waals surface area contributed by atoms with Gasteiger partial charge in [0.25, 0.3) is 0 Å². The zero-order valence-electron chi connectivity index (χ0n) is 28.4. The van der Waals surface area contributed by atoms with Crippen LogP contribution in [0.15, 0.2) is 109 Å². The Morgan fingerprint density at radius 3 is 1.22 bits per heavy atom. The van der Waals surface area contributed by atoms with E-state index in [1.807, 2.05) is 0 Å². The largest absolute Gasteiger partial charge is 0.726 e. The van der Waals surface area contributed by atoms with Gasteiger partial charge in [0.15, 0.2) is 11.4 Å². The first-order valence-electron chi connectivity index (χ1n) is 15.4. The molecule has 0 spiro atoms. The second-order valence-electron chi connectivity index (χ2n) is 12.7. The number of hydrogen-bond donors (Lipinski definition) is 4. The van der Waals surface area contributed by atoms with Crippen molar-refractivity contribution in [2.45, 2.75) is 38.5 Å². The number of fused-ring (bicyclic) bond motifs is 3. The van der Waals surface area contributed by atoms with E-state index in [0.717, 1.165) is 11.4 Å². The number of para-hydroxylation sites is 2. The highest BCUT2D eigenvalue weighted by Gasteiger charge is 2.43. The van der Waals surface area contributed by atoms with Gasteiger partial charge in [-0.25, -0.2) is 16.8 Å². The van der Waals surface area contributed by atoms with Gasteiger partial charge in [0.2, 0.25) is 32.2 Å². The lowest BCUT2D eigenvalue weighted by Gasteiger charge is -2.15. The quantitative estimate of drug-likeness (QED) is 0.103. The molecule has 0 fully saturated rings. The normalized spacial score (nSPS) is 16.1. The van der Waals surface area contributed by atoms with Crippen LogP contribution >= 0.6 is 0 Å². The van der Waals surface area contributed by atoms with Gasteiger partial charge in [-0.05, 0) is 39.8 Å². The van der Waals surface area contributed by atoms with E-state index in [1.165, 1.54) is 44.7 Å². The number of anilines is 2. The van der Waals surface area contributed by atoms with E-state index >= 15 is 0 Å². The number of allylic oxidation sites excluding steroid dienone is 2. The molecular weight excluding hydrogens is 681 g/mol. The summed E-state index contributed by atoms with van der Waals surface area (Å²) in [6.07, 6.45) is 8.55. The fraction of sp³-hybridized carbons (Fsp3) is 0.222. The van der Waals surface area contributed by atoms with Gasteiger partial charge in [-0.3, -0.25) is 9.11 Å². The molecule has 50 heavy (non-hydrogen) atoms. The third-order valence-corrected chi connectivity index (χ3v) is 8.76. The predicted octanol–water partition coefficient (Wildman–Crippen LogP) is 6.11. The summed E-state index contributed by atoms with van der Waals surface area (Å²) in [5.41, 5.74) is 9.88. The molecule has 4 N–H and O–H groups in total. The molecule has 0 unspecified atom stereocenters. The van der Waals surface area contributed by atoms with Gasteiger partial charge in [0.05, 0.1) is 10.8 Å². The molecule has 0 amide bonds. The van der Waals surface area contributed by atoms with E-state index in [0.29, 0.717) is 0 Å². The molecule has 2 heterocycles. The van der Waals surface area contributed by atoms with Crippen molar-refractivity contribution >= 4 is 65.7 Å². The summed E-state index contributed by atoms with van der Waals surface area (Å²) in [4.78, 5) is 0. The summed E-state index contributed by atoms with van der Waals surface area (Å²) in [5, 5.41) is 9.49. The van der Waals surface area contributed by atoms with Gasteiger partial charge in [-0.15, -0.1) is 0 Å². The van der Waals surface area contributed by atoms with Crippen molar-refractivity contribution in [2.24, 2.45) is 0 Å². The fourth-order valence-electron chi connectivity index (χ4n) is 6.59. The van der Waals surface area contributed by atoms with Crippen LogP contribution in [0.1, 0.15) is 38.8 Å². The molecule has 0 saturated heterocycles. The summed E-state index contributed by atoms with van der Waals surface area (Å²) >= 11 is 0. The number of rotatable bonds is 6. The molecule has 0 radical (unpaired) electrons. The zero-order chi connectivity index (χ0) is 37.1. The maximum Gasteiger partial charge on any atom is 0.215 e. The van der Waals surface area contributed by atoms with Crippen molar-refractivity contribution in [3.8, 4) is 0 Å². The smallest absolute Gasteiger partial charge is 0.215 e. The average molecular weight is 721 g/mol. The minimum atomic E-state index is -4.92. The highest BCUT2D eigenvalue weighted by molar-refractivity contribution is 7.80. The summed E-state index contributed by atoms with van der Waals surface area (Å²) in [6, 6.07) is 30.2. The van der Waals surface area contributed by atoms with Gasteiger partial charge >= 0.3 is 0 Å². The Hall–Kier alpha value is -4.70. The van der Waals surface area contributed by atoms with Crippen LogP contribution in [0.5, 0.6) is 0 Å². The third-order valence-electron chi connectivity index (χ3n) is 8.76. The standard InChI is InChI=1S/C36H36N4.2H2O4S/c1-35(2)27-15-7-9-19-31(27)39(5)33(35)21-23-37-29-17-11-14-26-25(29)13-12-18-30(26)38-24-22-34-36(3,4)28-16-8-10-20-32(28)40(34)6;2*1-5(2,3)4/h7-24H,1-6H3;2*(H2,1,2,3,4). The lowest BCUT2D eigenvalue weighted by Crippen LogP contribution is -2.26. The first kappa shape index (κ1) is 38.1. The number of nitrogens with one attached hydrogen (secondary N) is 2. The van der Waals surface area contributed by atoms with Crippen molar-refractivity contribution < 1.29 is 44.2 Å². The summed E-state index contributed by atoms with van der Waals surface area (Å²) in [6.45, 7) is 9.17. The molecule has 0 bridgehead atoms. The Kier molecular flexibility index (Phi) is 11.2. The Morgan fingerprint density at radius 1 is 0.580 bits per heavy atom. The maximum absolute atomic E-state index is 8.63. The first-order valence-corrected chi connectivity index (χ1v) is 18.1. The molecule has 0 aromatic heterocycles. The topological polar surface area (TPSA) is 185 Å². The van der Waals surface area contributed by atoms with Gasteiger partial charge in [0.1, 0.15) is 14.1 Å². The Balaban J connectivity index is 0.000000496. The molecule has 2 aliphatic heterocycles. The molecule has 12 nitrogen and oxygen atoms in total. The van der Waals surface area contributed by atoms with Crippen LogP contribution < -0.4 is 10.6 Å². The predicted molar refractivity (Wildman–Crippen MR) is 195 cm³/mol. The van der Waals surface area contributed by atoms with Gasteiger partial charge in [0, 0.05) is 70.0 Å². The second kappa shape index (κ2) is 14.6. The number of hydrogen-bond acceptors (Lipinski definition) is 8. The van der Waals surface area contributed by atoms with Crippen LogP contribution in [-0.4, -0.2) is 69.7 Å². The molecule has 4 aromatic rings. The van der Waals surface area contributed by atoms with E-state index in [9.17, 15) is 0 Å². The summed E-state index contributed by atoms with van der Waals surface area (Å²) < 4.78 is 70.3. The molecule has 264 valence electrons. The van der Waals surface area contributed by atoms with Crippen molar-refractivity contribution in [3.63, 3.8) is 0 Å². The lowest BCUT2D eigenvalue weighted by molar-refractivity contribution is -0.401. The molecular formula is C36H40N4O8S2. The van der Waals surface area contributed by atoms with Crippen LogP contribution in [0, 0.1) is 0 Å². The lowest BCUT2D eigenvalue weighted by atomic mass is 9.81. The highest BCUT2D eigenvalue weighted by atomic mass is 32.3. The van der Waals surface area contributed by atoms with Crippen molar-refractivity contribution in [1.29, 1.82) is 0 Å². The van der Waals surface area contributed by atoms with E-state index in [1.54, 1.807) is 0 Å². The Morgan fingerprint density at radius 2 is 0.900 bits per heavy atom. The van der Waals surface area contributed by atoms with E-state index in [-0.39, 0.29) is 10.8 Å². The second-order valence-corrected chi connectivity index (χ2v) is 14.4. The SMILES string of the molecule is C[N+]1=C(/C=C/Nc2cccc3c(N/C=C/C4=[N+](C)c5ccccc5C4(C)C)cccc23)C(C)(C)c2ccccc21.O=S(=O)([O-])O.O=S(=O)([O-])O. The molecule has 6 rings (SSSR count). The minimum Gasteiger partial charge on any atom is -0.726 e. The Labute approximate surface area is 293 Å².